The van der Waals surface area contributed by atoms with Crippen molar-refractivity contribution in [3.63, 3.8) is 0 Å². The van der Waals surface area contributed by atoms with Crippen LogP contribution in [-0.2, 0) is 11.2 Å². The Hall–Kier alpha value is -0.840. The minimum absolute atomic E-state index is 0.373. The van der Waals surface area contributed by atoms with Gasteiger partial charge in [0.1, 0.15) is 16.5 Å². The van der Waals surface area contributed by atoms with Gasteiger partial charge in [-0.2, -0.15) is 0 Å². The summed E-state index contributed by atoms with van der Waals surface area (Å²) in [5.41, 5.74) is 1.81. The number of aryl methyl sites for hydroxylation is 1. The van der Waals surface area contributed by atoms with Crippen molar-refractivity contribution in [3.8, 4) is 0 Å². The molecule has 2 aromatic heterocycles. The van der Waals surface area contributed by atoms with E-state index in [1.807, 2.05) is 4.40 Å². The fraction of sp³-hybridized carbons (Fsp3) is 0.538. The number of hydrogen-bond acceptors (Lipinski definition) is 3. The Balaban J connectivity index is 2.21. The van der Waals surface area contributed by atoms with Crippen molar-refractivity contribution in [1.29, 1.82) is 0 Å². The number of ether oxygens (including phenoxy) is 1. The highest BCUT2D eigenvalue weighted by molar-refractivity contribution is 6.34. The highest BCUT2D eigenvalue weighted by Crippen LogP contribution is 2.32. The molecule has 0 N–H and O–H groups in total. The fourth-order valence-corrected chi connectivity index (χ4v) is 3.08. The monoisotopic (exact) mass is 299 g/mol. The van der Waals surface area contributed by atoms with Crippen molar-refractivity contribution in [2.24, 2.45) is 0 Å². The lowest BCUT2D eigenvalue weighted by Crippen LogP contribution is -2.16. The van der Waals surface area contributed by atoms with E-state index in [0.717, 1.165) is 49.5 Å². The maximum Gasteiger partial charge on any atom is 0.155 e. The molecule has 2 aromatic rings. The van der Waals surface area contributed by atoms with Gasteiger partial charge in [0.15, 0.2) is 5.15 Å². The smallest absolute Gasteiger partial charge is 0.155 e. The molecule has 0 amide bonds. The molecule has 1 fully saturated rings. The molecule has 0 aliphatic carbocycles. The van der Waals surface area contributed by atoms with Gasteiger partial charge in [0, 0.05) is 19.1 Å². The van der Waals surface area contributed by atoms with Crippen molar-refractivity contribution < 1.29 is 4.74 Å². The molecule has 102 valence electrons. The SMILES string of the molecule is CCc1nc(C2CCOCC2)n2c(Cl)cnc(Cl)c12. The second kappa shape index (κ2) is 5.27. The Kier molecular flexibility index (Phi) is 3.65. The van der Waals surface area contributed by atoms with Gasteiger partial charge in [-0.15, -0.1) is 0 Å². The molecule has 3 rings (SSSR count). The fourth-order valence-electron chi connectivity index (χ4n) is 2.62. The normalized spacial score (nSPS) is 17.2. The molecule has 0 unspecified atom stereocenters. The second-order valence-electron chi connectivity index (χ2n) is 4.71. The first-order valence-electron chi connectivity index (χ1n) is 6.51. The predicted molar refractivity (Wildman–Crippen MR) is 75.2 cm³/mol. The van der Waals surface area contributed by atoms with Gasteiger partial charge < -0.3 is 4.74 Å². The molecule has 0 spiro atoms. The van der Waals surface area contributed by atoms with E-state index in [1.54, 1.807) is 6.20 Å². The Morgan fingerprint density at radius 1 is 1.37 bits per heavy atom. The minimum atomic E-state index is 0.373. The van der Waals surface area contributed by atoms with E-state index < -0.39 is 0 Å². The second-order valence-corrected chi connectivity index (χ2v) is 5.46. The molecule has 1 saturated heterocycles. The van der Waals surface area contributed by atoms with Crippen molar-refractivity contribution in [3.05, 3.63) is 28.0 Å². The quantitative estimate of drug-likeness (QED) is 0.852. The lowest BCUT2D eigenvalue weighted by molar-refractivity contribution is 0.0834. The minimum Gasteiger partial charge on any atom is -0.381 e. The van der Waals surface area contributed by atoms with Gasteiger partial charge in [0.25, 0.3) is 0 Å². The van der Waals surface area contributed by atoms with Gasteiger partial charge in [-0.05, 0) is 19.3 Å². The van der Waals surface area contributed by atoms with Crippen LogP contribution in [0.3, 0.4) is 0 Å². The summed E-state index contributed by atoms with van der Waals surface area (Å²) in [5.74, 6) is 1.36. The van der Waals surface area contributed by atoms with E-state index in [4.69, 9.17) is 32.9 Å². The van der Waals surface area contributed by atoms with Crippen molar-refractivity contribution in [2.75, 3.05) is 13.2 Å². The molecular formula is C13H15Cl2N3O. The highest BCUT2D eigenvalue weighted by atomic mass is 35.5. The van der Waals surface area contributed by atoms with Crippen LogP contribution in [0, 0.1) is 0 Å². The summed E-state index contributed by atoms with van der Waals surface area (Å²) in [6, 6.07) is 0. The Labute approximate surface area is 121 Å². The molecular weight excluding hydrogens is 285 g/mol. The van der Waals surface area contributed by atoms with Crippen LogP contribution in [0.2, 0.25) is 10.3 Å². The predicted octanol–water partition coefficient (Wildman–Crippen LogP) is 3.49. The number of halogens is 2. The molecule has 0 bridgehead atoms. The van der Waals surface area contributed by atoms with Gasteiger partial charge >= 0.3 is 0 Å². The molecule has 19 heavy (non-hydrogen) atoms. The van der Waals surface area contributed by atoms with Crippen LogP contribution in [-0.4, -0.2) is 27.6 Å². The summed E-state index contributed by atoms with van der Waals surface area (Å²) in [4.78, 5) is 8.87. The zero-order valence-corrected chi connectivity index (χ0v) is 12.2. The number of hydrogen-bond donors (Lipinski definition) is 0. The summed E-state index contributed by atoms with van der Waals surface area (Å²) in [6.45, 7) is 3.61. The largest absolute Gasteiger partial charge is 0.381 e. The van der Waals surface area contributed by atoms with E-state index in [0.29, 0.717) is 16.2 Å². The van der Waals surface area contributed by atoms with Crippen molar-refractivity contribution in [1.82, 2.24) is 14.4 Å². The first-order chi connectivity index (χ1) is 9.22. The maximum absolute atomic E-state index is 6.29. The highest BCUT2D eigenvalue weighted by Gasteiger charge is 2.24. The van der Waals surface area contributed by atoms with Gasteiger partial charge in [-0.1, -0.05) is 30.1 Å². The zero-order chi connectivity index (χ0) is 13.4. The number of imidazole rings is 1. The summed E-state index contributed by atoms with van der Waals surface area (Å²) >= 11 is 12.5. The Morgan fingerprint density at radius 2 is 2.11 bits per heavy atom. The van der Waals surface area contributed by atoms with Crippen LogP contribution < -0.4 is 0 Å². The van der Waals surface area contributed by atoms with Gasteiger partial charge in [0.2, 0.25) is 0 Å². The molecule has 0 saturated carbocycles. The standard InChI is InChI=1S/C13H15Cl2N3O/c1-2-9-11-12(15)16-7-10(14)18(11)13(17-9)8-3-5-19-6-4-8/h7-8H,2-6H2,1H3. The average Bonchev–Trinajstić information content (AvgIpc) is 2.85. The van der Waals surface area contributed by atoms with Crippen LogP contribution in [0.5, 0.6) is 0 Å². The number of fused-ring (bicyclic) bond motifs is 1. The first kappa shape index (κ1) is 13.2. The van der Waals surface area contributed by atoms with E-state index >= 15 is 0 Å². The van der Waals surface area contributed by atoms with Crippen molar-refractivity contribution >= 4 is 28.7 Å². The summed E-state index contributed by atoms with van der Waals surface area (Å²) in [6.07, 6.45) is 4.34. The number of nitrogens with zero attached hydrogens (tertiary/aromatic N) is 3. The lowest BCUT2D eigenvalue weighted by Gasteiger charge is -2.21. The molecule has 1 aliphatic rings. The van der Waals surface area contributed by atoms with Crippen molar-refractivity contribution in [2.45, 2.75) is 32.1 Å². The third-order valence-corrected chi connectivity index (χ3v) is 4.13. The van der Waals surface area contributed by atoms with Gasteiger partial charge in [0.05, 0.1) is 11.9 Å². The lowest BCUT2D eigenvalue weighted by atomic mass is 10.00. The topological polar surface area (TPSA) is 39.4 Å². The molecule has 3 heterocycles. The first-order valence-corrected chi connectivity index (χ1v) is 7.27. The van der Waals surface area contributed by atoms with E-state index in [2.05, 4.69) is 11.9 Å². The van der Waals surface area contributed by atoms with Crippen LogP contribution in [0.4, 0.5) is 0 Å². The molecule has 4 nitrogen and oxygen atoms in total. The van der Waals surface area contributed by atoms with Crippen LogP contribution in [0.25, 0.3) is 5.52 Å². The third kappa shape index (κ3) is 2.22. The molecule has 6 heteroatoms. The molecule has 0 atom stereocenters. The molecule has 0 aromatic carbocycles. The van der Waals surface area contributed by atoms with E-state index in [9.17, 15) is 0 Å². The van der Waals surface area contributed by atoms with Gasteiger partial charge in [-0.3, -0.25) is 4.40 Å². The molecule has 1 aliphatic heterocycles. The third-order valence-electron chi connectivity index (χ3n) is 3.59. The van der Waals surface area contributed by atoms with Crippen LogP contribution >= 0.6 is 23.2 Å². The summed E-state index contributed by atoms with van der Waals surface area (Å²) in [5, 5.41) is 1.03. The molecule has 0 radical (unpaired) electrons. The average molecular weight is 300 g/mol. The summed E-state index contributed by atoms with van der Waals surface area (Å²) < 4.78 is 7.36. The Morgan fingerprint density at radius 3 is 2.79 bits per heavy atom. The summed E-state index contributed by atoms with van der Waals surface area (Å²) in [7, 11) is 0. The van der Waals surface area contributed by atoms with Gasteiger partial charge in [-0.25, -0.2) is 9.97 Å². The number of rotatable bonds is 2. The van der Waals surface area contributed by atoms with Crippen LogP contribution in [0.1, 0.15) is 37.2 Å². The van der Waals surface area contributed by atoms with Crippen LogP contribution in [0.15, 0.2) is 6.20 Å². The van der Waals surface area contributed by atoms with E-state index in [1.165, 1.54) is 0 Å². The number of aromatic nitrogens is 3. The Bertz CT molecular complexity index is 605. The van der Waals surface area contributed by atoms with E-state index in [-0.39, 0.29) is 0 Å². The maximum atomic E-state index is 6.29. The zero-order valence-electron chi connectivity index (χ0n) is 10.7.